The van der Waals surface area contributed by atoms with Gasteiger partial charge in [-0.3, -0.25) is 0 Å². The van der Waals surface area contributed by atoms with Gasteiger partial charge in [-0.2, -0.15) is 0 Å². The smallest absolute Gasteiger partial charge is 0.0404 e. The Labute approximate surface area is 97.6 Å². The Hall–Kier alpha value is -1.02. The molecule has 0 radical (unpaired) electrons. The SMILES string of the molecule is Cc1ccc2c(c1)N(C1CCNCC1)CC2. The maximum atomic E-state index is 3.45. The van der Waals surface area contributed by atoms with Gasteiger partial charge in [0.05, 0.1) is 0 Å². The van der Waals surface area contributed by atoms with Crippen LogP contribution in [-0.2, 0) is 6.42 Å². The highest BCUT2D eigenvalue weighted by Crippen LogP contribution is 2.32. The summed E-state index contributed by atoms with van der Waals surface area (Å²) < 4.78 is 0. The van der Waals surface area contributed by atoms with Crippen molar-refractivity contribution in [3.05, 3.63) is 29.3 Å². The Morgan fingerprint density at radius 1 is 1.25 bits per heavy atom. The Morgan fingerprint density at radius 2 is 2.06 bits per heavy atom. The molecular weight excluding hydrogens is 196 g/mol. The van der Waals surface area contributed by atoms with Crippen LogP contribution in [-0.4, -0.2) is 25.7 Å². The average molecular weight is 216 g/mol. The van der Waals surface area contributed by atoms with E-state index in [0.717, 1.165) is 6.04 Å². The zero-order valence-electron chi connectivity index (χ0n) is 10.00. The minimum Gasteiger partial charge on any atom is -0.368 e. The van der Waals surface area contributed by atoms with Crippen LogP contribution in [0, 0.1) is 6.92 Å². The Balaban J connectivity index is 1.86. The van der Waals surface area contributed by atoms with E-state index in [0.29, 0.717) is 0 Å². The van der Waals surface area contributed by atoms with Crippen LogP contribution in [0.5, 0.6) is 0 Å². The van der Waals surface area contributed by atoms with Crippen molar-refractivity contribution in [2.24, 2.45) is 0 Å². The molecule has 0 aromatic heterocycles. The molecule has 1 fully saturated rings. The lowest BCUT2D eigenvalue weighted by Crippen LogP contribution is -2.42. The Bertz CT molecular complexity index is 380. The molecule has 0 spiro atoms. The van der Waals surface area contributed by atoms with E-state index in [9.17, 15) is 0 Å². The number of anilines is 1. The first-order valence-electron chi connectivity index (χ1n) is 6.41. The van der Waals surface area contributed by atoms with E-state index in [4.69, 9.17) is 0 Å². The van der Waals surface area contributed by atoms with Crippen LogP contribution in [0.1, 0.15) is 24.0 Å². The van der Waals surface area contributed by atoms with E-state index in [1.807, 2.05) is 0 Å². The highest BCUT2D eigenvalue weighted by molar-refractivity contribution is 5.60. The number of aryl methyl sites for hydroxylation is 1. The largest absolute Gasteiger partial charge is 0.368 e. The lowest BCUT2D eigenvalue weighted by atomic mass is 10.0. The standard InChI is InChI=1S/C14H20N2/c1-11-2-3-12-6-9-16(14(12)10-11)13-4-7-15-8-5-13/h2-3,10,13,15H,4-9H2,1H3. The molecule has 2 heterocycles. The molecule has 1 saturated heterocycles. The maximum absolute atomic E-state index is 3.45. The Kier molecular flexibility index (Phi) is 2.60. The van der Waals surface area contributed by atoms with Gasteiger partial charge < -0.3 is 10.2 Å². The second-order valence-electron chi connectivity index (χ2n) is 5.06. The molecule has 0 amide bonds. The molecule has 2 nitrogen and oxygen atoms in total. The van der Waals surface area contributed by atoms with Gasteiger partial charge in [-0.1, -0.05) is 12.1 Å². The van der Waals surface area contributed by atoms with Crippen LogP contribution in [0.25, 0.3) is 0 Å². The van der Waals surface area contributed by atoms with Crippen molar-refractivity contribution in [3.8, 4) is 0 Å². The van der Waals surface area contributed by atoms with Crippen LogP contribution < -0.4 is 10.2 Å². The molecular formula is C14H20N2. The van der Waals surface area contributed by atoms with Crippen LogP contribution in [0.2, 0.25) is 0 Å². The van der Waals surface area contributed by atoms with Gasteiger partial charge in [0.2, 0.25) is 0 Å². The van der Waals surface area contributed by atoms with Crippen molar-refractivity contribution < 1.29 is 0 Å². The van der Waals surface area contributed by atoms with Gasteiger partial charge >= 0.3 is 0 Å². The highest BCUT2D eigenvalue weighted by atomic mass is 15.2. The third-order valence-corrected chi connectivity index (χ3v) is 3.92. The molecule has 1 N–H and O–H groups in total. The van der Waals surface area contributed by atoms with Crippen molar-refractivity contribution in [1.29, 1.82) is 0 Å². The fraction of sp³-hybridized carbons (Fsp3) is 0.571. The lowest BCUT2D eigenvalue weighted by molar-refractivity contribution is 0.435. The fourth-order valence-corrected chi connectivity index (χ4v) is 3.01. The highest BCUT2D eigenvalue weighted by Gasteiger charge is 2.26. The summed E-state index contributed by atoms with van der Waals surface area (Å²) in [4.78, 5) is 2.64. The number of benzene rings is 1. The van der Waals surface area contributed by atoms with E-state index in [1.165, 1.54) is 50.1 Å². The summed E-state index contributed by atoms with van der Waals surface area (Å²) in [5, 5.41) is 3.45. The van der Waals surface area contributed by atoms with Crippen molar-refractivity contribution in [1.82, 2.24) is 5.32 Å². The van der Waals surface area contributed by atoms with Gasteiger partial charge in [-0.25, -0.2) is 0 Å². The summed E-state index contributed by atoms with van der Waals surface area (Å²) in [5.74, 6) is 0. The third-order valence-electron chi connectivity index (χ3n) is 3.92. The van der Waals surface area contributed by atoms with E-state index in [-0.39, 0.29) is 0 Å². The van der Waals surface area contributed by atoms with Gasteiger partial charge in [-0.15, -0.1) is 0 Å². The second-order valence-corrected chi connectivity index (χ2v) is 5.06. The number of nitrogens with one attached hydrogen (secondary N) is 1. The van der Waals surface area contributed by atoms with E-state index < -0.39 is 0 Å². The number of rotatable bonds is 1. The first kappa shape index (κ1) is 10.2. The second kappa shape index (κ2) is 4.10. The van der Waals surface area contributed by atoms with Crippen LogP contribution in [0.3, 0.4) is 0 Å². The van der Waals surface area contributed by atoms with Crippen LogP contribution >= 0.6 is 0 Å². The fourth-order valence-electron chi connectivity index (χ4n) is 3.01. The summed E-state index contributed by atoms with van der Waals surface area (Å²) in [5.41, 5.74) is 4.44. The van der Waals surface area contributed by atoms with E-state index in [2.05, 4.69) is 35.3 Å². The number of fused-ring (bicyclic) bond motifs is 1. The number of hydrogen-bond donors (Lipinski definition) is 1. The van der Waals surface area contributed by atoms with E-state index >= 15 is 0 Å². The van der Waals surface area contributed by atoms with Gasteiger partial charge in [-0.05, 0) is 56.5 Å². The topological polar surface area (TPSA) is 15.3 Å². The number of piperidine rings is 1. The number of nitrogens with zero attached hydrogens (tertiary/aromatic N) is 1. The van der Waals surface area contributed by atoms with Crippen LogP contribution in [0.4, 0.5) is 5.69 Å². The van der Waals surface area contributed by atoms with E-state index in [1.54, 1.807) is 5.56 Å². The minimum atomic E-state index is 0.768. The maximum Gasteiger partial charge on any atom is 0.0404 e. The molecule has 0 aliphatic carbocycles. The summed E-state index contributed by atoms with van der Waals surface area (Å²) in [6.45, 7) is 5.79. The molecule has 1 aromatic carbocycles. The quantitative estimate of drug-likeness (QED) is 0.773. The zero-order valence-corrected chi connectivity index (χ0v) is 10.00. The van der Waals surface area contributed by atoms with Crippen molar-refractivity contribution in [3.63, 3.8) is 0 Å². The first-order chi connectivity index (χ1) is 7.84. The van der Waals surface area contributed by atoms with Gasteiger partial charge in [0.25, 0.3) is 0 Å². The normalized spacial score (nSPS) is 21.2. The van der Waals surface area contributed by atoms with Gasteiger partial charge in [0.1, 0.15) is 0 Å². The predicted octanol–water partition coefficient (Wildman–Crippen LogP) is 2.11. The molecule has 0 unspecified atom stereocenters. The molecule has 1 aromatic rings. The first-order valence-corrected chi connectivity index (χ1v) is 6.41. The van der Waals surface area contributed by atoms with Crippen molar-refractivity contribution in [2.75, 3.05) is 24.5 Å². The molecule has 0 bridgehead atoms. The van der Waals surface area contributed by atoms with Gasteiger partial charge in [0, 0.05) is 18.3 Å². The average Bonchev–Trinajstić information content (AvgIpc) is 2.73. The molecule has 2 aliphatic rings. The monoisotopic (exact) mass is 216 g/mol. The zero-order chi connectivity index (χ0) is 11.0. The lowest BCUT2D eigenvalue weighted by Gasteiger charge is -2.33. The molecule has 2 heteroatoms. The summed E-state index contributed by atoms with van der Waals surface area (Å²) >= 11 is 0. The van der Waals surface area contributed by atoms with Crippen LogP contribution in [0.15, 0.2) is 18.2 Å². The molecule has 3 rings (SSSR count). The number of hydrogen-bond acceptors (Lipinski definition) is 2. The minimum absolute atomic E-state index is 0.768. The van der Waals surface area contributed by atoms with Crippen molar-refractivity contribution >= 4 is 5.69 Å². The molecule has 2 aliphatic heterocycles. The molecule has 86 valence electrons. The molecule has 16 heavy (non-hydrogen) atoms. The molecule has 0 atom stereocenters. The summed E-state index contributed by atoms with van der Waals surface area (Å²) in [6, 6.07) is 7.69. The predicted molar refractivity (Wildman–Crippen MR) is 68.1 cm³/mol. The third kappa shape index (κ3) is 1.71. The summed E-state index contributed by atoms with van der Waals surface area (Å²) in [6.07, 6.45) is 3.83. The Morgan fingerprint density at radius 3 is 2.88 bits per heavy atom. The van der Waals surface area contributed by atoms with Crippen molar-refractivity contribution in [2.45, 2.75) is 32.2 Å². The molecule has 0 saturated carbocycles. The van der Waals surface area contributed by atoms with Gasteiger partial charge in [0.15, 0.2) is 0 Å². The summed E-state index contributed by atoms with van der Waals surface area (Å²) in [7, 11) is 0.